The topological polar surface area (TPSA) is 40.5 Å². The average molecular weight is 206 g/mol. The Labute approximate surface area is 83.5 Å². The SMILES string of the molecule is OCCCCCPCCCCCO. The number of aliphatic hydroxyl groups excluding tert-OH is 2. The van der Waals surface area contributed by atoms with Gasteiger partial charge in [-0.05, 0) is 38.0 Å². The van der Waals surface area contributed by atoms with Crippen LogP contribution in [0.2, 0.25) is 0 Å². The van der Waals surface area contributed by atoms with Crippen LogP contribution in [-0.2, 0) is 0 Å². The first-order chi connectivity index (χ1) is 6.41. The Hall–Kier alpha value is 0.350. The molecule has 0 aliphatic heterocycles. The molecule has 0 bridgehead atoms. The monoisotopic (exact) mass is 206 g/mol. The minimum Gasteiger partial charge on any atom is -0.396 e. The van der Waals surface area contributed by atoms with Crippen LogP contribution in [0.5, 0.6) is 0 Å². The lowest BCUT2D eigenvalue weighted by Crippen LogP contribution is -1.87. The quantitative estimate of drug-likeness (QED) is 0.424. The van der Waals surface area contributed by atoms with Gasteiger partial charge in [0.2, 0.25) is 0 Å². The standard InChI is InChI=1S/C10H23O2P/c11-7-3-1-5-9-13-10-6-2-4-8-12/h11-13H,1-10H2. The van der Waals surface area contributed by atoms with Gasteiger partial charge >= 0.3 is 0 Å². The summed E-state index contributed by atoms with van der Waals surface area (Å²) in [5.74, 6) is 0. The summed E-state index contributed by atoms with van der Waals surface area (Å²) in [6.07, 6.45) is 9.51. The summed E-state index contributed by atoms with van der Waals surface area (Å²) in [5.41, 5.74) is 0. The van der Waals surface area contributed by atoms with Crippen LogP contribution in [0.25, 0.3) is 0 Å². The molecule has 0 aliphatic rings. The Kier molecular flexibility index (Phi) is 12.7. The van der Waals surface area contributed by atoms with Gasteiger partial charge in [0.15, 0.2) is 0 Å². The van der Waals surface area contributed by atoms with Gasteiger partial charge in [0.25, 0.3) is 0 Å². The fourth-order valence-corrected chi connectivity index (χ4v) is 2.45. The van der Waals surface area contributed by atoms with Gasteiger partial charge in [-0.15, -0.1) is 8.58 Å². The second kappa shape index (κ2) is 12.3. The summed E-state index contributed by atoms with van der Waals surface area (Å²) in [7, 11) is 1.09. The summed E-state index contributed by atoms with van der Waals surface area (Å²) in [4.78, 5) is 0. The van der Waals surface area contributed by atoms with Gasteiger partial charge < -0.3 is 10.2 Å². The highest BCUT2D eigenvalue weighted by atomic mass is 31.1. The molecule has 2 nitrogen and oxygen atoms in total. The Bertz CT molecular complexity index is 79.0. The molecule has 0 fully saturated rings. The second-order valence-electron chi connectivity index (χ2n) is 3.32. The Morgan fingerprint density at radius 1 is 0.615 bits per heavy atom. The van der Waals surface area contributed by atoms with Crippen molar-refractivity contribution in [2.24, 2.45) is 0 Å². The smallest absolute Gasteiger partial charge is 0.0431 e. The van der Waals surface area contributed by atoms with Gasteiger partial charge in [-0.3, -0.25) is 0 Å². The molecule has 80 valence electrons. The van der Waals surface area contributed by atoms with Crippen molar-refractivity contribution in [3.05, 3.63) is 0 Å². The van der Waals surface area contributed by atoms with Crippen molar-refractivity contribution < 1.29 is 10.2 Å². The van der Waals surface area contributed by atoms with Crippen molar-refractivity contribution in [2.75, 3.05) is 25.5 Å². The van der Waals surface area contributed by atoms with E-state index in [2.05, 4.69) is 0 Å². The van der Waals surface area contributed by atoms with E-state index in [0.717, 1.165) is 21.4 Å². The third-order valence-electron chi connectivity index (χ3n) is 2.02. The van der Waals surface area contributed by atoms with Crippen LogP contribution in [0.1, 0.15) is 38.5 Å². The molecule has 0 unspecified atom stereocenters. The van der Waals surface area contributed by atoms with E-state index in [1.165, 1.54) is 38.0 Å². The number of hydrogen-bond donors (Lipinski definition) is 2. The van der Waals surface area contributed by atoms with Gasteiger partial charge in [0.05, 0.1) is 0 Å². The lowest BCUT2D eigenvalue weighted by atomic mass is 10.3. The van der Waals surface area contributed by atoms with Gasteiger partial charge in [-0.1, -0.05) is 12.8 Å². The Morgan fingerprint density at radius 2 is 1.08 bits per heavy atom. The van der Waals surface area contributed by atoms with Gasteiger partial charge in [-0.25, -0.2) is 0 Å². The number of unbranched alkanes of at least 4 members (excludes halogenated alkanes) is 4. The third kappa shape index (κ3) is 12.4. The predicted octanol–water partition coefficient (Wildman–Crippen LogP) is 1.99. The lowest BCUT2D eigenvalue weighted by molar-refractivity contribution is 0.284. The van der Waals surface area contributed by atoms with Crippen molar-refractivity contribution in [2.45, 2.75) is 38.5 Å². The predicted molar refractivity (Wildman–Crippen MR) is 59.9 cm³/mol. The Balaban J connectivity index is 2.76. The zero-order valence-electron chi connectivity index (χ0n) is 8.47. The summed E-state index contributed by atoms with van der Waals surface area (Å²) >= 11 is 0. The van der Waals surface area contributed by atoms with E-state index < -0.39 is 0 Å². The molecule has 0 aliphatic carbocycles. The van der Waals surface area contributed by atoms with E-state index in [1.807, 2.05) is 0 Å². The highest BCUT2D eigenvalue weighted by molar-refractivity contribution is 7.37. The molecular formula is C10H23O2P. The largest absolute Gasteiger partial charge is 0.396 e. The van der Waals surface area contributed by atoms with Gasteiger partial charge in [0.1, 0.15) is 0 Å². The van der Waals surface area contributed by atoms with Crippen molar-refractivity contribution in [3.8, 4) is 0 Å². The van der Waals surface area contributed by atoms with Crippen LogP contribution in [-0.4, -0.2) is 35.8 Å². The molecule has 0 heterocycles. The second-order valence-corrected chi connectivity index (χ2v) is 4.82. The molecular weight excluding hydrogens is 183 g/mol. The summed E-state index contributed by atoms with van der Waals surface area (Å²) in [5, 5.41) is 17.1. The van der Waals surface area contributed by atoms with E-state index >= 15 is 0 Å². The van der Waals surface area contributed by atoms with Crippen molar-refractivity contribution in [3.63, 3.8) is 0 Å². The van der Waals surface area contributed by atoms with Crippen molar-refractivity contribution in [1.29, 1.82) is 0 Å². The molecule has 0 aromatic heterocycles. The minimum absolute atomic E-state index is 0.347. The molecule has 13 heavy (non-hydrogen) atoms. The lowest BCUT2D eigenvalue weighted by Gasteiger charge is -2.00. The van der Waals surface area contributed by atoms with E-state index in [0.29, 0.717) is 13.2 Å². The van der Waals surface area contributed by atoms with E-state index in [9.17, 15) is 0 Å². The van der Waals surface area contributed by atoms with Crippen LogP contribution < -0.4 is 0 Å². The molecule has 2 N–H and O–H groups in total. The molecule has 0 saturated heterocycles. The number of hydrogen-bond acceptors (Lipinski definition) is 2. The molecule has 3 heteroatoms. The maximum atomic E-state index is 8.54. The normalized spacial score (nSPS) is 10.6. The maximum Gasteiger partial charge on any atom is 0.0431 e. The Morgan fingerprint density at radius 3 is 1.46 bits per heavy atom. The number of rotatable bonds is 10. The summed E-state index contributed by atoms with van der Waals surface area (Å²) in [6.45, 7) is 0.694. The van der Waals surface area contributed by atoms with E-state index in [-0.39, 0.29) is 0 Å². The zero-order chi connectivity index (χ0) is 9.78. The van der Waals surface area contributed by atoms with Crippen LogP contribution in [0.3, 0.4) is 0 Å². The fraction of sp³-hybridized carbons (Fsp3) is 1.00. The van der Waals surface area contributed by atoms with E-state index in [4.69, 9.17) is 10.2 Å². The molecule has 0 atom stereocenters. The highest BCUT2D eigenvalue weighted by Gasteiger charge is 1.91. The fourth-order valence-electron chi connectivity index (χ4n) is 1.20. The van der Waals surface area contributed by atoms with Crippen LogP contribution in [0.15, 0.2) is 0 Å². The molecule has 0 aromatic carbocycles. The molecule has 0 rings (SSSR count). The molecule has 0 saturated carbocycles. The zero-order valence-corrected chi connectivity index (χ0v) is 9.47. The molecule has 0 spiro atoms. The van der Waals surface area contributed by atoms with Gasteiger partial charge in [0, 0.05) is 13.2 Å². The highest BCUT2D eigenvalue weighted by Crippen LogP contribution is 2.15. The summed E-state index contributed by atoms with van der Waals surface area (Å²) in [6, 6.07) is 0. The van der Waals surface area contributed by atoms with Crippen LogP contribution >= 0.6 is 8.58 Å². The summed E-state index contributed by atoms with van der Waals surface area (Å²) < 4.78 is 0. The van der Waals surface area contributed by atoms with Crippen LogP contribution in [0, 0.1) is 0 Å². The van der Waals surface area contributed by atoms with Crippen molar-refractivity contribution in [1.82, 2.24) is 0 Å². The first-order valence-electron chi connectivity index (χ1n) is 5.34. The molecule has 0 aromatic rings. The van der Waals surface area contributed by atoms with Gasteiger partial charge in [-0.2, -0.15) is 0 Å². The van der Waals surface area contributed by atoms with E-state index in [1.54, 1.807) is 0 Å². The average Bonchev–Trinajstić information content (AvgIpc) is 2.16. The first kappa shape index (κ1) is 13.4. The molecule has 0 radical (unpaired) electrons. The number of aliphatic hydroxyl groups is 2. The minimum atomic E-state index is 0.347. The maximum absolute atomic E-state index is 8.54. The molecule has 0 amide bonds. The van der Waals surface area contributed by atoms with Crippen molar-refractivity contribution >= 4 is 8.58 Å². The third-order valence-corrected chi connectivity index (χ3v) is 3.44. The first-order valence-corrected chi connectivity index (χ1v) is 6.75. The van der Waals surface area contributed by atoms with Crippen LogP contribution in [0.4, 0.5) is 0 Å².